The van der Waals surface area contributed by atoms with Gasteiger partial charge in [-0.05, 0) is 43.9 Å². The van der Waals surface area contributed by atoms with Gasteiger partial charge < -0.3 is 14.6 Å². The number of rotatable bonds is 5. The lowest BCUT2D eigenvalue weighted by molar-refractivity contribution is 0.102. The Labute approximate surface area is 189 Å². The third kappa shape index (κ3) is 3.55. The molecule has 0 saturated carbocycles. The number of ether oxygens (including phenoxy) is 1. The Morgan fingerprint density at radius 3 is 3.06 bits per heavy atom. The van der Waals surface area contributed by atoms with Gasteiger partial charge in [0.25, 0.3) is 0 Å². The van der Waals surface area contributed by atoms with E-state index >= 15 is 0 Å². The fraction of sp³-hybridized carbons (Fsp3) is 0.292. The molecule has 9 nitrogen and oxygen atoms in total. The van der Waals surface area contributed by atoms with Crippen molar-refractivity contribution in [1.29, 1.82) is 0 Å². The second kappa shape index (κ2) is 8.16. The summed E-state index contributed by atoms with van der Waals surface area (Å²) in [6.07, 6.45) is 10.3. The second-order valence-electron chi connectivity index (χ2n) is 8.39. The van der Waals surface area contributed by atoms with Gasteiger partial charge in [0.1, 0.15) is 24.2 Å². The molecule has 0 amide bonds. The zero-order valence-corrected chi connectivity index (χ0v) is 18.0. The maximum Gasteiger partial charge on any atom is 0.189 e. The molecule has 1 aliphatic carbocycles. The lowest BCUT2D eigenvalue weighted by Gasteiger charge is -2.27. The fourth-order valence-electron chi connectivity index (χ4n) is 4.83. The van der Waals surface area contributed by atoms with E-state index in [9.17, 15) is 4.79 Å². The smallest absolute Gasteiger partial charge is 0.189 e. The first-order valence-corrected chi connectivity index (χ1v) is 11.2. The van der Waals surface area contributed by atoms with Gasteiger partial charge in [0.2, 0.25) is 0 Å². The molecule has 6 rings (SSSR count). The third-order valence-corrected chi connectivity index (χ3v) is 6.45. The van der Waals surface area contributed by atoms with E-state index in [1.165, 1.54) is 0 Å². The predicted molar refractivity (Wildman–Crippen MR) is 123 cm³/mol. The Kier molecular flexibility index (Phi) is 4.86. The molecule has 9 heteroatoms. The maximum atomic E-state index is 13.1. The molecule has 3 aromatic heterocycles. The molecule has 1 aliphatic heterocycles. The van der Waals surface area contributed by atoms with Crippen LogP contribution in [0.2, 0.25) is 0 Å². The summed E-state index contributed by atoms with van der Waals surface area (Å²) in [6, 6.07) is 7.81. The van der Waals surface area contributed by atoms with E-state index in [4.69, 9.17) is 4.74 Å². The number of allylic oxidation sites excluding steroid dienone is 1. The van der Waals surface area contributed by atoms with Crippen LogP contribution < -0.4 is 9.64 Å². The fourth-order valence-corrected chi connectivity index (χ4v) is 4.83. The van der Waals surface area contributed by atoms with E-state index in [1.54, 1.807) is 18.9 Å². The van der Waals surface area contributed by atoms with E-state index in [0.717, 1.165) is 65.3 Å². The first kappa shape index (κ1) is 19.7. The summed E-state index contributed by atoms with van der Waals surface area (Å²) < 4.78 is 6.32. The van der Waals surface area contributed by atoms with Crippen LogP contribution in [0.15, 0.2) is 48.7 Å². The van der Waals surface area contributed by atoms with Crippen molar-refractivity contribution < 1.29 is 9.53 Å². The molecule has 1 aromatic carbocycles. The number of benzene rings is 1. The number of nitrogens with one attached hydrogen (secondary N) is 2. The Hall–Kier alpha value is -4.01. The standard InChI is InChI=1S/C24H23N7O2/c32-22-15(11-16-8-9-29-30-16)6-7-18-19(22)4-1-5-20(18)33-12-17-3-2-10-31(17)24-21-23(26-13-25-21)27-14-28-24/h1,4-5,8-9,11,13-14,17H,2-3,6-7,10,12H2,(H,29,30)(H,25,26,27,28)/t17-/m1/s1. The number of H-pyrrole nitrogens is 2. The molecule has 2 N–H and O–H groups in total. The van der Waals surface area contributed by atoms with Crippen LogP contribution in [-0.4, -0.2) is 55.1 Å². The number of fused-ring (bicyclic) bond motifs is 2. The van der Waals surface area contributed by atoms with Crippen molar-refractivity contribution in [2.24, 2.45) is 0 Å². The highest BCUT2D eigenvalue weighted by atomic mass is 16.5. The van der Waals surface area contributed by atoms with Crippen LogP contribution in [0.1, 0.15) is 40.9 Å². The Balaban J connectivity index is 1.22. The largest absolute Gasteiger partial charge is 0.491 e. The highest BCUT2D eigenvalue weighted by Gasteiger charge is 2.30. The first-order chi connectivity index (χ1) is 16.3. The van der Waals surface area contributed by atoms with Crippen LogP contribution >= 0.6 is 0 Å². The molecule has 1 saturated heterocycles. The lowest BCUT2D eigenvalue weighted by Crippen LogP contribution is -2.35. The minimum atomic E-state index is 0.0569. The van der Waals surface area contributed by atoms with Gasteiger partial charge in [-0.15, -0.1) is 0 Å². The summed E-state index contributed by atoms with van der Waals surface area (Å²) in [7, 11) is 0. The normalized spacial score (nSPS) is 19.4. The molecule has 166 valence electrons. The van der Waals surface area contributed by atoms with Gasteiger partial charge in [0.15, 0.2) is 17.2 Å². The van der Waals surface area contributed by atoms with Crippen molar-refractivity contribution in [3.63, 3.8) is 0 Å². The lowest BCUT2D eigenvalue weighted by atomic mass is 9.86. The zero-order chi connectivity index (χ0) is 22.2. The molecule has 0 bridgehead atoms. The summed E-state index contributed by atoms with van der Waals surface area (Å²) in [6.45, 7) is 1.44. The number of aromatic nitrogens is 6. The number of carbonyl (C=O) groups is 1. The number of hydrogen-bond acceptors (Lipinski definition) is 7. The quantitative estimate of drug-likeness (QED) is 0.457. The number of imidazole rings is 1. The van der Waals surface area contributed by atoms with Gasteiger partial charge >= 0.3 is 0 Å². The highest BCUT2D eigenvalue weighted by Crippen LogP contribution is 2.34. The van der Waals surface area contributed by atoms with Gasteiger partial charge in [-0.3, -0.25) is 9.89 Å². The highest BCUT2D eigenvalue weighted by molar-refractivity contribution is 6.13. The predicted octanol–water partition coefficient (Wildman–Crippen LogP) is 3.34. The Bertz CT molecular complexity index is 1340. The average Bonchev–Trinajstić information content (AvgIpc) is 3.61. The number of nitrogens with zero attached hydrogens (tertiary/aromatic N) is 5. The molecule has 33 heavy (non-hydrogen) atoms. The molecule has 1 atom stereocenters. The summed E-state index contributed by atoms with van der Waals surface area (Å²) >= 11 is 0. The molecule has 0 radical (unpaired) electrons. The van der Waals surface area contributed by atoms with Crippen LogP contribution in [0.4, 0.5) is 5.82 Å². The minimum absolute atomic E-state index is 0.0569. The second-order valence-corrected chi connectivity index (χ2v) is 8.39. The van der Waals surface area contributed by atoms with E-state index in [1.807, 2.05) is 30.3 Å². The molecule has 0 unspecified atom stereocenters. The number of anilines is 1. The summed E-state index contributed by atoms with van der Waals surface area (Å²) in [5.74, 6) is 1.71. The molecule has 4 heterocycles. The molecule has 1 fully saturated rings. The van der Waals surface area contributed by atoms with Crippen molar-refractivity contribution in [3.05, 3.63) is 65.5 Å². The number of ketones is 1. The van der Waals surface area contributed by atoms with Crippen LogP contribution in [0.25, 0.3) is 17.2 Å². The van der Waals surface area contributed by atoms with Crippen LogP contribution in [0, 0.1) is 0 Å². The van der Waals surface area contributed by atoms with Gasteiger partial charge in [0.05, 0.1) is 18.1 Å². The van der Waals surface area contributed by atoms with Crippen molar-refractivity contribution in [1.82, 2.24) is 30.1 Å². The van der Waals surface area contributed by atoms with Crippen LogP contribution in [-0.2, 0) is 6.42 Å². The zero-order valence-electron chi connectivity index (χ0n) is 18.0. The minimum Gasteiger partial charge on any atom is -0.491 e. The van der Waals surface area contributed by atoms with Crippen LogP contribution in [0.3, 0.4) is 0 Å². The monoisotopic (exact) mass is 441 g/mol. The number of Topliss-reactive ketones (excluding diaryl/α,β-unsaturated/α-hetero) is 1. The van der Waals surface area contributed by atoms with E-state index in [0.29, 0.717) is 18.7 Å². The molecule has 4 aromatic rings. The molecule has 0 spiro atoms. The molecular formula is C24H23N7O2. The van der Waals surface area contributed by atoms with E-state index < -0.39 is 0 Å². The van der Waals surface area contributed by atoms with Crippen molar-refractivity contribution in [2.45, 2.75) is 31.7 Å². The molecule has 2 aliphatic rings. The van der Waals surface area contributed by atoms with Gasteiger partial charge in [-0.25, -0.2) is 15.0 Å². The topological polar surface area (TPSA) is 113 Å². The Morgan fingerprint density at radius 2 is 2.15 bits per heavy atom. The van der Waals surface area contributed by atoms with Crippen LogP contribution in [0.5, 0.6) is 5.75 Å². The van der Waals surface area contributed by atoms with E-state index in [-0.39, 0.29) is 11.8 Å². The van der Waals surface area contributed by atoms with Crippen molar-refractivity contribution in [2.75, 3.05) is 18.1 Å². The van der Waals surface area contributed by atoms with Gasteiger partial charge in [-0.1, -0.05) is 12.1 Å². The summed E-state index contributed by atoms with van der Waals surface area (Å²) in [4.78, 5) is 31.5. The summed E-state index contributed by atoms with van der Waals surface area (Å²) in [5, 5.41) is 6.85. The van der Waals surface area contributed by atoms with Gasteiger partial charge in [0, 0.05) is 29.4 Å². The van der Waals surface area contributed by atoms with E-state index in [2.05, 4.69) is 35.0 Å². The number of hydrogen-bond donors (Lipinski definition) is 2. The summed E-state index contributed by atoms with van der Waals surface area (Å²) in [5.41, 5.74) is 4.87. The number of carbonyl (C=O) groups excluding carboxylic acids is 1. The maximum absolute atomic E-state index is 13.1. The SMILES string of the molecule is O=C1C(=Cc2ccn[nH]2)CCc2c(OC[C@H]3CCCN3c3ncnc4nc[nH]c34)cccc21. The van der Waals surface area contributed by atoms with Gasteiger partial charge in [-0.2, -0.15) is 5.10 Å². The average molecular weight is 441 g/mol. The number of aromatic amines is 2. The first-order valence-electron chi connectivity index (χ1n) is 11.2. The molecular weight excluding hydrogens is 418 g/mol. The Morgan fingerprint density at radius 1 is 1.18 bits per heavy atom. The van der Waals surface area contributed by atoms with Crippen molar-refractivity contribution in [3.8, 4) is 5.75 Å². The third-order valence-electron chi connectivity index (χ3n) is 6.45. The van der Waals surface area contributed by atoms with Crippen molar-refractivity contribution >= 4 is 28.8 Å².